The van der Waals surface area contributed by atoms with E-state index in [0.717, 1.165) is 31.7 Å². The first-order chi connectivity index (χ1) is 9.37. The molecule has 112 valence electrons. The van der Waals surface area contributed by atoms with Gasteiger partial charge in [0.15, 0.2) is 0 Å². The maximum Gasteiger partial charge on any atom is 0.243 e. The van der Waals surface area contributed by atoms with Crippen LogP contribution in [0.1, 0.15) is 38.2 Å². The monoisotopic (exact) mass is 300 g/mol. The zero-order valence-electron chi connectivity index (χ0n) is 11.9. The molecule has 1 fully saturated rings. The van der Waals surface area contributed by atoms with Crippen LogP contribution in [0.25, 0.3) is 0 Å². The molecule has 0 bridgehead atoms. The highest BCUT2D eigenvalue weighted by molar-refractivity contribution is 7.89. The smallest absolute Gasteiger partial charge is 0.243 e. The Morgan fingerprint density at radius 2 is 2.05 bits per heavy atom. The van der Waals surface area contributed by atoms with E-state index >= 15 is 0 Å². The fourth-order valence-electron chi connectivity index (χ4n) is 2.13. The second kappa shape index (κ2) is 5.69. The van der Waals surface area contributed by atoms with Crippen molar-refractivity contribution in [2.45, 2.75) is 50.5 Å². The number of nitrogen functional groups attached to an aromatic ring is 1. The van der Waals surface area contributed by atoms with Crippen molar-refractivity contribution in [3.05, 3.63) is 23.5 Å². The predicted octanol–water partition coefficient (Wildman–Crippen LogP) is 2.67. The van der Waals surface area contributed by atoms with Gasteiger partial charge in [-0.3, -0.25) is 0 Å². The minimum atomic E-state index is -3.66. The normalized spacial score (nSPS) is 15.8. The van der Waals surface area contributed by atoms with E-state index in [1.165, 1.54) is 17.3 Å². The maximum absolute atomic E-state index is 13.7. The van der Waals surface area contributed by atoms with Gasteiger partial charge in [-0.15, -0.1) is 0 Å². The van der Waals surface area contributed by atoms with Gasteiger partial charge in [-0.2, -0.15) is 4.31 Å². The lowest BCUT2D eigenvalue weighted by atomic mass is 10.2. The van der Waals surface area contributed by atoms with Crippen LogP contribution in [0.4, 0.5) is 10.1 Å². The van der Waals surface area contributed by atoms with Crippen LogP contribution in [0.2, 0.25) is 0 Å². The van der Waals surface area contributed by atoms with Crippen molar-refractivity contribution in [1.82, 2.24) is 4.31 Å². The van der Waals surface area contributed by atoms with Gasteiger partial charge in [0.1, 0.15) is 5.82 Å². The summed E-state index contributed by atoms with van der Waals surface area (Å²) in [6.45, 7) is 4.04. The molecule has 4 nitrogen and oxygen atoms in total. The maximum atomic E-state index is 13.7. The fraction of sp³-hybridized carbons (Fsp3) is 0.571. The number of sulfonamides is 1. The third kappa shape index (κ3) is 2.96. The Morgan fingerprint density at radius 3 is 2.55 bits per heavy atom. The molecule has 0 atom stereocenters. The van der Waals surface area contributed by atoms with Crippen LogP contribution in [-0.4, -0.2) is 25.3 Å². The molecule has 0 amide bonds. The highest BCUT2D eigenvalue weighted by atomic mass is 32.2. The summed E-state index contributed by atoms with van der Waals surface area (Å²) in [5.41, 5.74) is 6.15. The molecule has 1 aromatic rings. The van der Waals surface area contributed by atoms with E-state index in [2.05, 4.69) is 0 Å². The number of unbranched alkanes of at least 4 members (excludes halogenated alkanes) is 1. The Labute approximate surface area is 119 Å². The number of nitrogens with two attached hydrogens (primary N) is 1. The van der Waals surface area contributed by atoms with Crippen molar-refractivity contribution in [3.63, 3.8) is 0 Å². The van der Waals surface area contributed by atoms with Gasteiger partial charge in [0.2, 0.25) is 10.0 Å². The van der Waals surface area contributed by atoms with Gasteiger partial charge < -0.3 is 5.73 Å². The first kappa shape index (κ1) is 15.3. The molecule has 0 radical (unpaired) electrons. The summed E-state index contributed by atoms with van der Waals surface area (Å²) in [6.07, 6.45) is 3.49. The second-order valence-electron chi connectivity index (χ2n) is 5.32. The lowest BCUT2D eigenvalue weighted by Gasteiger charge is -2.22. The summed E-state index contributed by atoms with van der Waals surface area (Å²) in [6, 6.07) is 2.49. The molecule has 0 heterocycles. The van der Waals surface area contributed by atoms with Crippen LogP contribution < -0.4 is 5.73 Å². The predicted molar refractivity (Wildman–Crippen MR) is 77.4 cm³/mol. The Kier molecular flexibility index (Phi) is 4.34. The number of hydrogen-bond acceptors (Lipinski definition) is 3. The van der Waals surface area contributed by atoms with Gasteiger partial charge in [-0.1, -0.05) is 13.3 Å². The van der Waals surface area contributed by atoms with Crippen molar-refractivity contribution < 1.29 is 12.8 Å². The molecule has 0 aliphatic heterocycles. The molecule has 0 aromatic heterocycles. The van der Waals surface area contributed by atoms with Crippen LogP contribution in [0.3, 0.4) is 0 Å². The minimum absolute atomic E-state index is 0.0406. The van der Waals surface area contributed by atoms with Crippen LogP contribution in [0.15, 0.2) is 17.0 Å². The molecule has 1 aliphatic rings. The van der Waals surface area contributed by atoms with E-state index in [4.69, 9.17) is 5.73 Å². The fourth-order valence-corrected chi connectivity index (χ4v) is 3.91. The largest absolute Gasteiger partial charge is 0.398 e. The summed E-state index contributed by atoms with van der Waals surface area (Å²) in [5, 5.41) is 0. The van der Waals surface area contributed by atoms with Crippen molar-refractivity contribution >= 4 is 15.7 Å². The number of hydrogen-bond donors (Lipinski definition) is 1. The molecule has 0 saturated heterocycles. The standard InChI is InChI=1S/C14H21FN2O2S/c1-3-4-7-17(11-5-6-11)20(18,19)12-8-13(15)10(2)14(16)9-12/h8-9,11H,3-7,16H2,1-2H3. The van der Waals surface area contributed by atoms with E-state index in [-0.39, 0.29) is 22.2 Å². The lowest BCUT2D eigenvalue weighted by Crippen LogP contribution is -2.34. The summed E-state index contributed by atoms with van der Waals surface area (Å²) in [4.78, 5) is -0.0406. The molecular formula is C14H21FN2O2S. The van der Waals surface area contributed by atoms with Gasteiger partial charge in [0.25, 0.3) is 0 Å². The summed E-state index contributed by atoms with van der Waals surface area (Å²) >= 11 is 0. The Balaban J connectivity index is 2.37. The molecule has 1 saturated carbocycles. The molecule has 1 aliphatic carbocycles. The average Bonchev–Trinajstić information content (AvgIpc) is 3.20. The van der Waals surface area contributed by atoms with Gasteiger partial charge in [0.05, 0.1) is 4.90 Å². The van der Waals surface area contributed by atoms with Crippen molar-refractivity contribution in [2.75, 3.05) is 12.3 Å². The first-order valence-corrected chi connectivity index (χ1v) is 8.39. The zero-order chi connectivity index (χ0) is 14.9. The van der Waals surface area contributed by atoms with Crippen LogP contribution in [0, 0.1) is 12.7 Å². The van der Waals surface area contributed by atoms with Crippen LogP contribution in [-0.2, 0) is 10.0 Å². The number of halogens is 1. The summed E-state index contributed by atoms with van der Waals surface area (Å²) < 4.78 is 40.5. The Hall–Kier alpha value is -1.14. The average molecular weight is 300 g/mol. The molecule has 0 unspecified atom stereocenters. The molecular weight excluding hydrogens is 279 g/mol. The van der Waals surface area contributed by atoms with Crippen molar-refractivity contribution in [1.29, 1.82) is 0 Å². The molecule has 2 rings (SSSR count). The van der Waals surface area contributed by atoms with E-state index in [1.54, 1.807) is 0 Å². The molecule has 1 aromatic carbocycles. The van der Waals surface area contributed by atoms with Crippen LogP contribution >= 0.6 is 0 Å². The van der Waals surface area contributed by atoms with E-state index < -0.39 is 15.8 Å². The van der Waals surface area contributed by atoms with Gasteiger partial charge in [0, 0.05) is 23.8 Å². The molecule has 6 heteroatoms. The summed E-state index contributed by atoms with van der Waals surface area (Å²) in [7, 11) is -3.66. The van der Waals surface area contributed by atoms with Gasteiger partial charge in [-0.25, -0.2) is 12.8 Å². The molecule has 0 spiro atoms. The summed E-state index contributed by atoms with van der Waals surface area (Å²) in [5.74, 6) is -0.574. The topological polar surface area (TPSA) is 63.4 Å². The quantitative estimate of drug-likeness (QED) is 0.822. The third-order valence-corrected chi connectivity index (χ3v) is 5.58. The van der Waals surface area contributed by atoms with Gasteiger partial charge in [-0.05, 0) is 38.3 Å². The highest BCUT2D eigenvalue weighted by Gasteiger charge is 2.37. The lowest BCUT2D eigenvalue weighted by molar-refractivity contribution is 0.395. The Bertz CT molecular complexity index is 574. The van der Waals surface area contributed by atoms with E-state index in [0.29, 0.717) is 6.54 Å². The third-order valence-electron chi connectivity index (χ3n) is 3.65. The zero-order valence-corrected chi connectivity index (χ0v) is 12.7. The van der Waals surface area contributed by atoms with Crippen molar-refractivity contribution in [2.24, 2.45) is 0 Å². The molecule has 2 N–H and O–H groups in total. The van der Waals surface area contributed by atoms with E-state index in [9.17, 15) is 12.8 Å². The minimum Gasteiger partial charge on any atom is -0.398 e. The number of anilines is 1. The van der Waals surface area contributed by atoms with Crippen LogP contribution in [0.5, 0.6) is 0 Å². The first-order valence-electron chi connectivity index (χ1n) is 6.95. The SMILES string of the molecule is CCCCN(C1CC1)S(=O)(=O)c1cc(N)c(C)c(F)c1. The highest BCUT2D eigenvalue weighted by Crippen LogP contribution is 2.33. The molecule has 20 heavy (non-hydrogen) atoms. The van der Waals surface area contributed by atoms with Gasteiger partial charge >= 0.3 is 0 Å². The van der Waals surface area contributed by atoms with Crippen molar-refractivity contribution in [3.8, 4) is 0 Å². The number of rotatable bonds is 6. The number of nitrogens with zero attached hydrogens (tertiary/aromatic N) is 1. The number of benzene rings is 1. The second-order valence-corrected chi connectivity index (χ2v) is 7.21. The van der Waals surface area contributed by atoms with E-state index in [1.807, 2.05) is 6.92 Å². The Morgan fingerprint density at radius 1 is 1.40 bits per heavy atom.